The number of carbonyl (C=O) groups is 3. The van der Waals surface area contributed by atoms with Crippen molar-refractivity contribution in [1.29, 1.82) is 0 Å². The van der Waals surface area contributed by atoms with Gasteiger partial charge in [-0.3, -0.25) is 14.4 Å². The van der Waals surface area contributed by atoms with Gasteiger partial charge in [-0.25, -0.2) is 5.43 Å². The van der Waals surface area contributed by atoms with Crippen LogP contribution in [-0.4, -0.2) is 41.7 Å². The molecule has 3 amide bonds. The van der Waals surface area contributed by atoms with E-state index in [1.54, 1.807) is 24.3 Å². The zero-order chi connectivity index (χ0) is 17.2. The monoisotopic (exact) mass is 340 g/mol. The van der Waals surface area contributed by atoms with Crippen molar-refractivity contribution in [2.75, 3.05) is 18.5 Å². The number of aliphatic hydroxyl groups is 1. The number of nitrogens with one attached hydrogen (secondary N) is 3. The minimum atomic E-state index is -0.979. The Morgan fingerprint density at radius 2 is 2.00 bits per heavy atom. The second-order valence-corrected chi connectivity index (χ2v) is 4.94. The molecule has 1 aromatic rings. The number of hydrogen-bond donors (Lipinski definition) is 4. The number of aliphatic hydroxyl groups excluding tert-OH is 1. The lowest BCUT2D eigenvalue weighted by Gasteiger charge is -2.06. The molecule has 0 aromatic heterocycles. The topological polar surface area (TPSA) is 120 Å². The molecule has 0 aliphatic rings. The quantitative estimate of drug-likeness (QED) is 0.337. The molecule has 0 atom stereocenters. The molecule has 0 unspecified atom stereocenters. The van der Waals surface area contributed by atoms with E-state index in [9.17, 15) is 14.4 Å². The second kappa shape index (κ2) is 9.54. The van der Waals surface area contributed by atoms with Gasteiger partial charge < -0.3 is 15.7 Å². The van der Waals surface area contributed by atoms with Gasteiger partial charge in [0.2, 0.25) is 5.91 Å². The molecule has 0 fully saturated rings. The molecular weight excluding hydrogens is 324 g/mol. The van der Waals surface area contributed by atoms with E-state index in [1.165, 1.54) is 6.92 Å². The predicted octanol–water partition coefficient (Wildman–Crippen LogP) is 0.269. The highest BCUT2D eigenvalue weighted by Crippen LogP contribution is 2.14. The zero-order valence-corrected chi connectivity index (χ0v) is 13.2. The molecule has 0 radical (unpaired) electrons. The van der Waals surface area contributed by atoms with E-state index in [2.05, 4.69) is 15.7 Å². The lowest BCUT2D eigenvalue weighted by molar-refractivity contribution is -0.139. The fourth-order valence-electron chi connectivity index (χ4n) is 1.49. The molecule has 0 aliphatic carbocycles. The van der Waals surface area contributed by atoms with Crippen LogP contribution in [0.1, 0.15) is 13.3 Å². The molecule has 0 saturated heterocycles. The SMILES string of the molecule is CC(CC(=O)Nc1cccc(Cl)c1)=NNC(=O)C(=O)NCCO. The molecule has 23 heavy (non-hydrogen) atoms. The summed E-state index contributed by atoms with van der Waals surface area (Å²) in [6, 6.07) is 6.66. The molecule has 0 heterocycles. The van der Waals surface area contributed by atoms with E-state index in [0.717, 1.165) is 0 Å². The lowest BCUT2D eigenvalue weighted by atomic mass is 10.2. The maximum atomic E-state index is 11.8. The Labute approximate surface area is 137 Å². The van der Waals surface area contributed by atoms with Crippen molar-refractivity contribution in [2.45, 2.75) is 13.3 Å². The van der Waals surface area contributed by atoms with Crippen LogP contribution in [0.15, 0.2) is 29.4 Å². The average molecular weight is 341 g/mol. The zero-order valence-electron chi connectivity index (χ0n) is 12.4. The fourth-order valence-corrected chi connectivity index (χ4v) is 1.68. The smallest absolute Gasteiger partial charge is 0.329 e. The summed E-state index contributed by atoms with van der Waals surface area (Å²) in [7, 11) is 0. The van der Waals surface area contributed by atoms with Crippen LogP contribution in [0.25, 0.3) is 0 Å². The van der Waals surface area contributed by atoms with Gasteiger partial charge in [-0.05, 0) is 25.1 Å². The van der Waals surface area contributed by atoms with Gasteiger partial charge in [0.1, 0.15) is 0 Å². The summed E-state index contributed by atoms with van der Waals surface area (Å²) < 4.78 is 0. The third-order valence-electron chi connectivity index (χ3n) is 2.48. The van der Waals surface area contributed by atoms with Gasteiger partial charge in [0.25, 0.3) is 0 Å². The number of amides is 3. The molecular formula is C14H17ClN4O4. The summed E-state index contributed by atoms with van der Waals surface area (Å²) in [5, 5.41) is 17.5. The van der Waals surface area contributed by atoms with Crippen molar-refractivity contribution in [1.82, 2.24) is 10.7 Å². The summed E-state index contributed by atoms with van der Waals surface area (Å²) in [6.45, 7) is 1.23. The van der Waals surface area contributed by atoms with Gasteiger partial charge in [0.05, 0.1) is 13.0 Å². The van der Waals surface area contributed by atoms with Gasteiger partial charge in [0, 0.05) is 23.0 Å². The first kappa shape index (κ1) is 18.6. The van der Waals surface area contributed by atoms with Crippen LogP contribution in [0.2, 0.25) is 5.02 Å². The Kier molecular flexibility index (Phi) is 7.72. The Morgan fingerprint density at radius 1 is 1.26 bits per heavy atom. The minimum absolute atomic E-state index is 0.0308. The van der Waals surface area contributed by atoms with Crippen molar-refractivity contribution >= 4 is 40.7 Å². The van der Waals surface area contributed by atoms with Crippen LogP contribution in [0.5, 0.6) is 0 Å². The number of nitrogens with zero attached hydrogens (tertiary/aromatic N) is 1. The summed E-state index contributed by atoms with van der Waals surface area (Å²) in [5.74, 6) is -2.24. The standard InChI is InChI=1S/C14H17ClN4O4/c1-9(18-19-14(23)13(22)16-5-6-20)7-12(21)17-11-4-2-3-10(15)8-11/h2-4,8,20H,5-7H2,1H3,(H,16,22)(H,17,21)(H,19,23). The second-order valence-electron chi connectivity index (χ2n) is 4.50. The van der Waals surface area contributed by atoms with Gasteiger partial charge in [0.15, 0.2) is 0 Å². The van der Waals surface area contributed by atoms with Crippen LogP contribution < -0.4 is 16.1 Å². The summed E-state index contributed by atoms with van der Waals surface area (Å²) in [4.78, 5) is 34.4. The third kappa shape index (κ3) is 7.39. The molecule has 124 valence electrons. The van der Waals surface area contributed by atoms with Crippen molar-refractivity contribution in [3.63, 3.8) is 0 Å². The molecule has 4 N–H and O–H groups in total. The number of hydrazone groups is 1. The highest BCUT2D eigenvalue weighted by Gasteiger charge is 2.12. The van der Waals surface area contributed by atoms with Crippen LogP contribution in [0.4, 0.5) is 5.69 Å². The number of rotatable bonds is 6. The predicted molar refractivity (Wildman–Crippen MR) is 86.0 cm³/mol. The normalized spacial score (nSPS) is 10.8. The number of benzene rings is 1. The van der Waals surface area contributed by atoms with Crippen LogP contribution in [0.3, 0.4) is 0 Å². The van der Waals surface area contributed by atoms with Crippen molar-refractivity contribution in [2.24, 2.45) is 5.10 Å². The van der Waals surface area contributed by atoms with E-state index < -0.39 is 11.8 Å². The molecule has 0 saturated carbocycles. The van der Waals surface area contributed by atoms with E-state index in [1.807, 2.05) is 5.43 Å². The van der Waals surface area contributed by atoms with E-state index >= 15 is 0 Å². The van der Waals surface area contributed by atoms with Crippen molar-refractivity contribution in [3.05, 3.63) is 29.3 Å². The molecule has 9 heteroatoms. The number of carbonyl (C=O) groups excluding carboxylic acids is 3. The Bertz CT molecular complexity index is 619. The lowest BCUT2D eigenvalue weighted by Crippen LogP contribution is -2.39. The van der Waals surface area contributed by atoms with E-state index in [0.29, 0.717) is 16.4 Å². The first-order valence-corrected chi connectivity index (χ1v) is 7.07. The van der Waals surface area contributed by atoms with Gasteiger partial charge >= 0.3 is 11.8 Å². The molecule has 1 rings (SSSR count). The van der Waals surface area contributed by atoms with Crippen molar-refractivity contribution < 1.29 is 19.5 Å². The summed E-state index contributed by atoms with van der Waals surface area (Å²) in [5.41, 5.74) is 2.88. The highest BCUT2D eigenvalue weighted by atomic mass is 35.5. The maximum Gasteiger partial charge on any atom is 0.329 e. The number of halogens is 1. The summed E-state index contributed by atoms with van der Waals surface area (Å²) >= 11 is 5.81. The minimum Gasteiger partial charge on any atom is -0.395 e. The number of hydrogen-bond acceptors (Lipinski definition) is 5. The number of anilines is 1. The Balaban J connectivity index is 2.45. The van der Waals surface area contributed by atoms with Crippen molar-refractivity contribution in [3.8, 4) is 0 Å². The fraction of sp³-hybridized carbons (Fsp3) is 0.286. The molecule has 1 aromatic carbocycles. The largest absolute Gasteiger partial charge is 0.395 e. The Morgan fingerprint density at radius 3 is 2.65 bits per heavy atom. The first-order valence-electron chi connectivity index (χ1n) is 6.70. The van der Waals surface area contributed by atoms with E-state index in [-0.39, 0.29) is 25.5 Å². The van der Waals surface area contributed by atoms with Crippen LogP contribution in [0, 0.1) is 0 Å². The van der Waals surface area contributed by atoms with E-state index in [4.69, 9.17) is 16.7 Å². The molecule has 8 nitrogen and oxygen atoms in total. The Hall–Kier alpha value is -2.45. The highest BCUT2D eigenvalue weighted by molar-refractivity contribution is 6.35. The maximum absolute atomic E-state index is 11.8. The van der Waals surface area contributed by atoms with Gasteiger partial charge in [-0.1, -0.05) is 17.7 Å². The van der Waals surface area contributed by atoms with Gasteiger partial charge in [-0.15, -0.1) is 0 Å². The van der Waals surface area contributed by atoms with Crippen LogP contribution >= 0.6 is 11.6 Å². The average Bonchev–Trinajstić information content (AvgIpc) is 2.50. The van der Waals surface area contributed by atoms with Gasteiger partial charge in [-0.2, -0.15) is 5.10 Å². The molecule has 0 spiro atoms. The third-order valence-corrected chi connectivity index (χ3v) is 2.71. The first-order chi connectivity index (χ1) is 10.9. The molecule has 0 aliphatic heterocycles. The summed E-state index contributed by atoms with van der Waals surface area (Å²) in [6.07, 6.45) is -0.0644. The molecule has 0 bridgehead atoms. The van der Waals surface area contributed by atoms with Crippen LogP contribution in [-0.2, 0) is 14.4 Å².